The van der Waals surface area contributed by atoms with Crippen molar-refractivity contribution >= 4 is 25.4 Å². The average Bonchev–Trinajstić information content (AvgIpc) is 3.50. The fraction of sp³-hybridized carbons (Fsp3) is 0.577. The molecule has 0 unspecified atom stereocenters. The lowest BCUT2D eigenvalue weighted by Crippen LogP contribution is -2.41. The zero-order valence-corrected chi connectivity index (χ0v) is 23.3. The van der Waals surface area contributed by atoms with E-state index in [0.29, 0.717) is 32.1 Å². The van der Waals surface area contributed by atoms with Gasteiger partial charge in [0, 0.05) is 18.8 Å². The second-order valence-corrected chi connectivity index (χ2v) is 16.0. The number of fused-ring (bicyclic) bond motifs is 1. The Bertz CT molecular complexity index is 1220. The quantitative estimate of drug-likeness (QED) is 0.355. The lowest BCUT2D eigenvalue weighted by molar-refractivity contribution is 0.180. The number of nitrogens with zero attached hydrogens (tertiary/aromatic N) is 3. The van der Waals surface area contributed by atoms with Gasteiger partial charge in [-0.15, -0.1) is 0 Å². The molecule has 4 rings (SSSR count). The van der Waals surface area contributed by atoms with Gasteiger partial charge in [0.2, 0.25) is 0 Å². The first-order valence-corrected chi connectivity index (χ1v) is 15.5. The van der Waals surface area contributed by atoms with Crippen LogP contribution in [0.25, 0.3) is 22.2 Å². The van der Waals surface area contributed by atoms with Crippen molar-refractivity contribution in [3.8, 4) is 11.1 Å². The van der Waals surface area contributed by atoms with E-state index in [2.05, 4.69) is 55.0 Å². The van der Waals surface area contributed by atoms with Crippen LogP contribution in [-0.4, -0.2) is 54.0 Å². The van der Waals surface area contributed by atoms with Gasteiger partial charge in [0.15, 0.2) is 8.32 Å². The minimum absolute atomic E-state index is 0.0751. The standard InChI is InChI=1S/C26H38N4O5Si/c1-16-23(17(2)35-29-16)18-8-9-22-21(14-18)27-24(30(22)19-10-12-33-15-19)20(28-25(31)32)11-13-34-36(6,7)26(3,4)5/h8-9,14,19-20,28H,10-13,15H2,1-7H3,(H,31,32)/t19-,20+/m1/s1. The minimum atomic E-state index is -1.97. The van der Waals surface area contributed by atoms with Crippen molar-refractivity contribution in [2.24, 2.45) is 0 Å². The lowest BCUT2D eigenvalue weighted by Gasteiger charge is -2.36. The van der Waals surface area contributed by atoms with Crippen LogP contribution in [0.5, 0.6) is 0 Å². The third kappa shape index (κ3) is 5.21. The molecule has 2 aromatic heterocycles. The van der Waals surface area contributed by atoms with E-state index in [4.69, 9.17) is 18.7 Å². The normalized spacial score (nSPS) is 17.6. The van der Waals surface area contributed by atoms with E-state index in [1.807, 2.05) is 26.0 Å². The van der Waals surface area contributed by atoms with Crippen molar-refractivity contribution in [2.75, 3.05) is 19.8 Å². The van der Waals surface area contributed by atoms with E-state index in [1.54, 1.807) is 0 Å². The molecule has 0 spiro atoms. The van der Waals surface area contributed by atoms with Crippen LogP contribution in [0.4, 0.5) is 4.79 Å². The monoisotopic (exact) mass is 514 g/mol. The number of aryl methyl sites for hydroxylation is 2. The van der Waals surface area contributed by atoms with Crippen LogP contribution in [0.3, 0.4) is 0 Å². The number of benzene rings is 1. The van der Waals surface area contributed by atoms with Crippen molar-refractivity contribution in [2.45, 2.75) is 77.7 Å². The molecule has 2 atom stereocenters. The number of hydrogen-bond acceptors (Lipinski definition) is 6. The third-order valence-electron chi connectivity index (χ3n) is 7.59. The molecule has 1 saturated heterocycles. The van der Waals surface area contributed by atoms with Crippen molar-refractivity contribution < 1.29 is 23.6 Å². The Morgan fingerprint density at radius 2 is 2.08 bits per heavy atom. The molecule has 2 N–H and O–H groups in total. The van der Waals surface area contributed by atoms with E-state index in [0.717, 1.165) is 40.0 Å². The maximum atomic E-state index is 11.8. The topological polar surface area (TPSA) is 112 Å². The van der Waals surface area contributed by atoms with E-state index in [-0.39, 0.29) is 11.1 Å². The number of ether oxygens (including phenoxy) is 1. The maximum absolute atomic E-state index is 11.8. The molecule has 3 heterocycles. The molecule has 1 fully saturated rings. The summed E-state index contributed by atoms with van der Waals surface area (Å²) in [5.74, 6) is 1.45. The van der Waals surface area contributed by atoms with Gasteiger partial charge >= 0.3 is 6.09 Å². The fourth-order valence-corrected chi connectivity index (χ4v) is 5.65. The summed E-state index contributed by atoms with van der Waals surface area (Å²) < 4.78 is 19.6. The number of rotatable bonds is 8. The van der Waals surface area contributed by atoms with Crippen LogP contribution in [0, 0.1) is 13.8 Å². The highest BCUT2D eigenvalue weighted by molar-refractivity contribution is 6.74. The Balaban J connectivity index is 1.74. The second kappa shape index (κ2) is 9.99. The molecule has 0 radical (unpaired) electrons. The molecule has 1 aromatic carbocycles. The summed E-state index contributed by atoms with van der Waals surface area (Å²) in [4.78, 5) is 16.8. The Hall–Kier alpha value is -2.69. The largest absolute Gasteiger partial charge is 0.465 e. The predicted octanol–water partition coefficient (Wildman–Crippen LogP) is 5.99. The Labute approximate surface area is 213 Å². The Morgan fingerprint density at radius 1 is 1.33 bits per heavy atom. The molecule has 3 aromatic rings. The van der Waals surface area contributed by atoms with Crippen molar-refractivity contribution in [3.05, 3.63) is 35.5 Å². The molecule has 1 aliphatic heterocycles. The van der Waals surface area contributed by atoms with Gasteiger partial charge in [-0.05, 0) is 62.5 Å². The highest BCUT2D eigenvalue weighted by Crippen LogP contribution is 2.38. The van der Waals surface area contributed by atoms with Gasteiger partial charge in [-0.2, -0.15) is 0 Å². The van der Waals surface area contributed by atoms with Gasteiger partial charge in [-0.3, -0.25) is 0 Å². The number of aromatic nitrogens is 3. The van der Waals surface area contributed by atoms with Crippen molar-refractivity contribution in [3.63, 3.8) is 0 Å². The van der Waals surface area contributed by atoms with E-state index in [1.165, 1.54) is 0 Å². The van der Waals surface area contributed by atoms with Crippen LogP contribution in [-0.2, 0) is 9.16 Å². The number of nitrogens with one attached hydrogen (secondary N) is 1. The maximum Gasteiger partial charge on any atom is 0.405 e. The smallest absolute Gasteiger partial charge is 0.405 e. The fourth-order valence-electron chi connectivity index (χ4n) is 4.59. The number of carbonyl (C=O) groups is 1. The van der Waals surface area contributed by atoms with Crippen LogP contribution >= 0.6 is 0 Å². The summed E-state index contributed by atoms with van der Waals surface area (Å²) in [6.45, 7) is 16.5. The molecule has 0 saturated carbocycles. The Morgan fingerprint density at radius 3 is 2.67 bits per heavy atom. The summed E-state index contributed by atoms with van der Waals surface area (Å²) >= 11 is 0. The molecule has 0 bridgehead atoms. The zero-order valence-electron chi connectivity index (χ0n) is 22.3. The van der Waals surface area contributed by atoms with Gasteiger partial charge in [0.05, 0.1) is 35.4 Å². The van der Waals surface area contributed by atoms with Crippen LogP contribution in [0.1, 0.15) is 63.0 Å². The predicted molar refractivity (Wildman–Crippen MR) is 141 cm³/mol. The van der Waals surface area contributed by atoms with Gasteiger partial charge in [0.1, 0.15) is 11.6 Å². The first kappa shape index (κ1) is 26.4. The first-order chi connectivity index (χ1) is 16.9. The summed E-state index contributed by atoms with van der Waals surface area (Å²) in [7, 11) is -1.97. The number of imidazole rings is 1. The molecule has 196 valence electrons. The van der Waals surface area contributed by atoms with E-state index >= 15 is 0 Å². The van der Waals surface area contributed by atoms with Crippen LogP contribution < -0.4 is 5.32 Å². The first-order valence-electron chi connectivity index (χ1n) is 12.6. The molecule has 9 nitrogen and oxygen atoms in total. The van der Waals surface area contributed by atoms with Crippen LogP contribution in [0.2, 0.25) is 18.1 Å². The number of hydrogen-bond donors (Lipinski definition) is 2. The molecule has 10 heteroatoms. The van der Waals surface area contributed by atoms with Gasteiger partial charge in [-0.1, -0.05) is 32.0 Å². The summed E-state index contributed by atoms with van der Waals surface area (Å²) in [6.07, 6.45) is 0.265. The van der Waals surface area contributed by atoms with Gasteiger partial charge < -0.3 is 28.7 Å². The zero-order chi connectivity index (χ0) is 26.3. The Kier molecular flexibility index (Phi) is 7.32. The van der Waals surface area contributed by atoms with Crippen molar-refractivity contribution in [1.82, 2.24) is 20.0 Å². The molecule has 1 amide bonds. The van der Waals surface area contributed by atoms with E-state index in [9.17, 15) is 9.90 Å². The van der Waals surface area contributed by atoms with E-state index < -0.39 is 20.5 Å². The molecule has 0 aliphatic carbocycles. The highest BCUT2D eigenvalue weighted by Gasteiger charge is 2.37. The molecule has 36 heavy (non-hydrogen) atoms. The SMILES string of the molecule is Cc1noc(C)c1-c1ccc2c(c1)nc([C@H](CCO[Si](C)(C)C(C)(C)C)NC(=O)O)n2[C@@H]1CCOC1. The lowest BCUT2D eigenvalue weighted by atomic mass is 10.0. The summed E-state index contributed by atoms with van der Waals surface area (Å²) in [6, 6.07) is 5.71. The summed E-state index contributed by atoms with van der Waals surface area (Å²) in [5, 5.41) is 16.5. The van der Waals surface area contributed by atoms with Crippen molar-refractivity contribution in [1.29, 1.82) is 0 Å². The number of carboxylic acid groups (broad SMARTS) is 1. The molecular formula is C26H38N4O5Si. The molecule has 1 aliphatic rings. The van der Waals surface area contributed by atoms with Gasteiger partial charge in [0.25, 0.3) is 0 Å². The van der Waals surface area contributed by atoms with Crippen LogP contribution in [0.15, 0.2) is 22.7 Å². The average molecular weight is 515 g/mol. The van der Waals surface area contributed by atoms with Gasteiger partial charge in [-0.25, -0.2) is 9.78 Å². The minimum Gasteiger partial charge on any atom is -0.465 e. The molecular weight excluding hydrogens is 476 g/mol. The number of amides is 1. The second-order valence-electron chi connectivity index (χ2n) is 11.2. The third-order valence-corrected chi connectivity index (χ3v) is 12.1. The highest BCUT2D eigenvalue weighted by atomic mass is 28.4. The summed E-state index contributed by atoms with van der Waals surface area (Å²) in [5.41, 5.74) is 4.51.